The Morgan fingerprint density at radius 2 is 1.08 bits per heavy atom. The Morgan fingerprint density at radius 1 is 0.706 bits per heavy atom. The molecule has 1 aliphatic carbocycles. The molecule has 0 unspecified atom stereocenters. The average molecular weight is 744 g/mol. The van der Waals surface area contributed by atoms with Crippen molar-refractivity contribution in [2.45, 2.75) is 220 Å². The van der Waals surface area contributed by atoms with Crippen LogP contribution in [0.25, 0.3) is 0 Å². The fourth-order valence-electron chi connectivity index (χ4n) is 2.93. The smallest absolute Gasteiger partial charge is 0.214 e. The van der Waals surface area contributed by atoms with Gasteiger partial charge in [0.2, 0.25) is 10.0 Å². The molecule has 0 aliphatic heterocycles. The molecule has 1 aromatic carbocycles. The maximum Gasteiger partial charge on any atom is 0.214 e. The fraction of sp³-hybridized carbons (Fsp3) is 0.867. The minimum Gasteiger partial charge on any atom is -0.378 e. The zero-order valence-corrected chi connectivity index (χ0v) is 39.7. The number of benzene rings is 1. The van der Waals surface area contributed by atoms with Gasteiger partial charge < -0.3 is 9.47 Å². The van der Waals surface area contributed by atoms with Gasteiger partial charge in [-0.15, -0.1) is 0 Å². The van der Waals surface area contributed by atoms with Crippen LogP contribution in [0, 0.1) is 22.2 Å². The lowest BCUT2D eigenvalue weighted by molar-refractivity contribution is -0.0745. The molecule has 0 spiro atoms. The maximum absolute atomic E-state index is 11.1. The zero-order chi connectivity index (χ0) is 41.6. The van der Waals surface area contributed by atoms with Crippen LogP contribution in [0.4, 0.5) is 0 Å². The quantitative estimate of drug-likeness (QED) is 0.245. The SMILES string of the molecule is CC.CC(C)(C)C(C)(C)C.CC(C)NS(=O)(=O)C1CC1.CC(C)OCC(C)(C)COC(C)(C)C.CC(C)c1cccc(C(C)C)c1.CCC(C)C. The summed E-state index contributed by atoms with van der Waals surface area (Å²) in [6.45, 7) is 53.0. The molecule has 0 saturated heterocycles. The standard InChI is InChI=1S/C12H26O2.C12H18.C8H18.C6H13NO2S.C5H12.C2H6/c1-10(2)13-8-12(6,7)9-14-11(3,4)5;1-9(2)11-6-5-7-12(8-11)10(3)4;1-7(2,3)8(4,5)6;1-5(2)7-10(8,9)6-3-4-6;1-4-5(2)3;1-2/h10H,8-9H2,1-7H3;5-10H,1-4H3;1-6H3;5-7H,3-4H2,1-2H3;5H,4H2,1-3H3;1-2H3. The van der Waals surface area contributed by atoms with Crippen LogP contribution in [0.2, 0.25) is 0 Å². The van der Waals surface area contributed by atoms with Gasteiger partial charge in [-0.2, -0.15) is 0 Å². The molecule has 2 rings (SSSR count). The summed E-state index contributed by atoms with van der Waals surface area (Å²) in [6.07, 6.45) is 3.27. The van der Waals surface area contributed by atoms with E-state index in [1.165, 1.54) is 17.5 Å². The van der Waals surface area contributed by atoms with Crippen LogP contribution >= 0.6 is 0 Å². The van der Waals surface area contributed by atoms with Crippen molar-refractivity contribution in [2.75, 3.05) is 13.2 Å². The highest BCUT2D eigenvalue weighted by molar-refractivity contribution is 7.90. The van der Waals surface area contributed by atoms with Crippen molar-refractivity contribution in [3.63, 3.8) is 0 Å². The minimum atomic E-state index is -2.94. The van der Waals surface area contributed by atoms with Crippen LogP contribution in [0.3, 0.4) is 0 Å². The number of hydrogen-bond acceptors (Lipinski definition) is 4. The Hall–Kier alpha value is -0.950. The molecule has 0 radical (unpaired) electrons. The van der Waals surface area contributed by atoms with Gasteiger partial charge >= 0.3 is 0 Å². The average Bonchev–Trinajstić information content (AvgIpc) is 3.83. The molecule has 51 heavy (non-hydrogen) atoms. The van der Waals surface area contributed by atoms with Crippen molar-refractivity contribution in [3.05, 3.63) is 35.4 Å². The number of ether oxygens (including phenoxy) is 2. The number of nitrogens with one attached hydrogen (secondary N) is 1. The number of hydrogen-bond donors (Lipinski definition) is 1. The fourth-order valence-corrected chi connectivity index (χ4v) is 4.53. The molecule has 1 aromatic rings. The van der Waals surface area contributed by atoms with Gasteiger partial charge in [0, 0.05) is 11.5 Å². The van der Waals surface area contributed by atoms with E-state index in [9.17, 15) is 8.42 Å². The van der Waals surface area contributed by atoms with Crippen LogP contribution in [-0.4, -0.2) is 44.6 Å². The molecule has 0 atom stereocenters. The van der Waals surface area contributed by atoms with E-state index in [2.05, 4.69) is 167 Å². The molecule has 1 fully saturated rings. The van der Waals surface area contributed by atoms with Crippen molar-refractivity contribution in [2.24, 2.45) is 22.2 Å². The van der Waals surface area contributed by atoms with Gasteiger partial charge in [0.25, 0.3) is 0 Å². The molecular formula is C45H93NO4S. The van der Waals surface area contributed by atoms with Crippen molar-refractivity contribution >= 4 is 10.0 Å². The highest BCUT2D eigenvalue weighted by Gasteiger charge is 2.35. The van der Waals surface area contributed by atoms with Gasteiger partial charge in [-0.3, -0.25) is 0 Å². The van der Waals surface area contributed by atoms with E-state index in [4.69, 9.17) is 9.47 Å². The Kier molecular flexibility index (Phi) is 29.8. The highest BCUT2D eigenvalue weighted by Crippen LogP contribution is 2.36. The third-order valence-corrected chi connectivity index (χ3v) is 10.5. The second-order valence-electron chi connectivity index (χ2n) is 19.2. The molecule has 5 nitrogen and oxygen atoms in total. The van der Waals surface area contributed by atoms with Gasteiger partial charge in [-0.1, -0.05) is 148 Å². The molecule has 1 saturated carbocycles. The van der Waals surface area contributed by atoms with E-state index in [0.29, 0.717) is 28.8 Å². The summed E-state index contributed by atoms with van der Waals surface area (Å²) in [5.41, 5.74) is 3.80. The number of sulfonamides is 1. The molecule has 6 heteroatoms. The van der Waals surface area contributed by atoms with E-state index in [-0.39, 0.29) is 22.3 Å². The summed E-state index contributed by atoms with van der Waals surface area (Å²) < 4.78 is 36.1. The predicted octanol–water partition coefficient (Wildman–Crippen LogP) is 13.8. The first-order chi connectivity index (χ1) is 22.8. The Balaban J connectivity index is -0.000000276. The summed E-state index contributed by atoms with van der Waals surface area (Å²) in [5.74, 6) is 2.17. The van der Waals surface area contributed by atoms with Crippen LogP contribution in [0.5, 0.6) is 0 Å². The van der Waals surface area contributed by atoms with Gasteiger partial charge in [0.15, 0.2) is 0 Å². The maximum atomic E-state index is 11.1. The van der Waals surface area contributed by atoms with Crippen LogP contribution in [0.1, 0.15) is 208 Å². The summed E-state index contributed by atoms with van der Waals surface area (Å²) in [6, 6.07) is 8.91. The molecule has 0 aromatic heterocycles. The lowest BCUT2D eigenvalue weighted by Gasteiger charge is -2.34. The lowest BCUT2D eigenvalue weighted by Crippen LogP contribution is -2.32. The first kappa shape index (κ1) is 56.8. The summed E-state index contributed by atoms with van der Waals surface area (Å²) in [4.78, 5) is 0. The first-order valence-electron chi connectivity index (χ1n) is 20.1. The van der Waals surface area contributed by atoms with Crippen LogP contribution < -0.4 is 4.72 Å². The van der Waals surface area contributed by atoms with Crippen LogP contribution in [0.15, 0.2) is 24.3 Å². The van der Waals surface area contributed by atoms with Gasteiger partial charge in [0.05, 0.1) is 30.2 Å². The molecule has 0 heterocycles. The van der Waals surface area contributed by atoms with E-state index in [0.717, 1.165) is 32.0 Å². The van der Waals surface area contributed by atoms with Crippen molar-refractivity contribution in [1.29, 1.82) is 0 Å². The summed E-state index contributed by atoms with van der Waals surface area (Å²) in [5, 5.41) is -0.0881. The van der Waals surface area contributed by atoms with E-state index in [1.54, 1.807) is 0 Å². The van der Waals surface area contributed by atoms with Crippen molar-refractivity contribution in [1.82, 2.24) is 4.72 Å². The summed E-state index contributed by atoms with van der Waals surface area (Å²) in [7, 11) is -2.94. The van der Waals surface area contributed by atoms with Gasteiger partial charge in [-0.05, 0) is 101 Å². The van der Waals surface area contributed by atoms with Gasteiger partial charge in [-0.25, -0.2) is 13.1 Å². The van der Waals surface area contributed by atoms with Crippen molar-refractivity contribution < 1.29 is 17.9 Å². The van der Waals surface area contributed by atoms with E-state index >= 15 is 0 Å². The van der Waals surface area contributed by atoms with E-state index < -0.39 is 10.0 Å². The largest absolute Gasteiger partial charge is 0.378 e. The Labute approximate surface area is 322 Å². The normalized spacial score (nSPS) is 13.6. The van der Waals surface area contributed by atoms with Gasteiger partial charge in [0.1, 0.15) is 0 Å². The molecule has 1 N–H and O–H groups in total. The molecule has 308 valence electrons. The third-order valence-electron chi connectivity index (χ3n) is 8.38. The minimum absolute atomic E-state index is 0.0330. The number of rotatable bonds is 11. The molecule has 0 bridgehead atoms. The van der Waals surface area contributed by atoms with Crippen LogP contribution in [-0.2, 0) is 19.5 Å². The second-order valence-corrected chi connectivity index (χ2v) is 21.2. The molecular weight excluding hydrogens is 651 g/mol. The lowest BCUT2D eigenvalue weighted by atomic mass is 9.71. The second kappa shape index (κ2) is 26.8. The monoisotopic (exact) mass is 744 g/mol. The summed E-state index contributed by atoms with van der Waals surface area (Å²) >= 11 is 0. The topological polar surface area (TPSA) is 64.6 Å². The first-order valence-corrected chi connectivity index (χ1v) is 21.7. The highest BCUT2D eigenvalue weighted by atomic mass is 32.2. The zero-order valence-electron chi connectivity index (χ0n) is 38.9. The predicted molar refractivity (Wildman–Crippen MR) is 231 cm³/mol. The molecule has 0 amide bonds. The van der Waals surface area contributed by atoms with Crippen molar-refractivity contribution in [3.8, 4) is 0 Å². The Bertz CT molecular complexity index is 1030. The molecule has 1 aliphatic rings. The Morgan fingerprint density at radius 3 is 1.31 bits per heavy atom. The van der Waals surface area contributed by atoms with E-state index in [1.807, 2.05) is 27.7 Å². The third kappa shape index (κ3) is 35.8.